The summed E-state index contributed by atoms with van der Waals surface area (Å²) in [4.78, 5) is 39.8. The van der Waals surface area contributed by atoms with Gasteiger partial charge in [-0.25, -0.2) is 4.79 Å². The van der Waals surface area contributed by atoms with Gasteiger partial charge < -0.3 is 14.8 Å². The summed E-state index contributed by atoms with van der Waals surface area (Å²) in [6.45, 7) is 15.5. The molecule has 8 nitrogen and oxygen atoms in total. The highest BCUT2D eigenvalue weighted by Crippen LogP contribution is 2.37. The van der Waals surface area contributed by atoms with Crippen molar-refractivity contribution >= 4 is 35.4 Å². The Hall–Kier alpha value is -3.65. The van der Waals surface area contributed by atoms with E-state index in [1.54, 1.807) is 51.1 Å². The quantitative estimate of drug-likeness (QED) is 0.330. The van der Waals surface area contributed by atoms with Crippen molar-refractivity contribution in [2.75, 3.05) is 30.3 Å². The van der Waals surface area contributed by atoms with Gasteiger partial charge in [0.2, 0.25) is 5.91 Å². The topological polar surface area (TPSA) is 97.0 Å². The molecule has 8 heteroatoms. The number of anilines is 2. The molecular formula is C31H41N3O5. The summed E-state index contributed by atoms with van der Waals surface area (Å²) in [5.41, 5.74) is 2.15. The summed E-state index contributed by atoms with van der Waals surface area (Å²) in [5.74, 6) is -0.669. The van der Waals surface area contributed by atoms with E-state index in [0.717, 1.165) is 17.7 Å². The largest absolute Gasteiger partial charge is 0.466 e. The number of ether oxygens (including phenoxy) is 2. The van der Waals surface area contributed by atoms with Gasteiger partial charge in [-0.1, -0.05) is 36.4 Å². The van der Waals surface area contributed by atoms with Gasteiger partial charge >= 0.3 is 12.1 Å². The number of benzene rings is 2. The van der Waals surface area contributed by atoms with E-state index in [1.165, 1.54) is 6.08 Å². The number of para-hydroxylation sites is 2. The first kappa shape index (κ1) is 29.9. The van der Waals surface area contributed by atoms with Crippen LogP contribution in [0.5, 0.6) is 0 Å². The molecule has 0 unspecified atom stereocenters. The number of hydrogen-bond donors (Lipinski definition) is 2. The lowest BCUT2D eigenvalue weighted by Crippen LogP contribution is -2.40. The average Bonchev–Trinajstić information content (AvgIpc) is 3.30. The Bertz CT molecular complexity index is 1190. The van der Waals surface area contributed by atoms with Crippen LogP contribution in [0.4, 0.5) is 16.2 Å². The first-order valence-corrected chi connectivity index (χ1v) is 13.4. The van der Waals surface area contributed by atoms with Crippen molar-refractivity contribution in [1.29, 1.82) is 0 Å². The van der Waals surface area contributed by atoms with Crippen LogP contribution < -0.4 is 10.6 Å². The summed E-state index contributed by atoms with van der Waals surface area (Å²) in [6, 6.07) is 14.8. The van der Waals surface area contributed by atoms with E-state index in [0.29, 0.717) is 24.5 Å². The Morgan fingerprint density at radius 2 is 1.54 bits per heavy atom. The third kappa shape index (κ3) is 8.68. The molecule has 2 N–H and O–H groups in total. The van der Waals surface area contributed by atoms with Crippen molar-refractivity contribution < 1.29 is 23.9 Å². The highest BCUT2D eigenvalue weighted by atomic mass is 16.6. The summed E-state index contributed by atoms with van der Waals surface area (Å²) >= 11 is 0. The van der Waals surface area contributed by atoms with Gasteiger partial charge in [0, 0.05) is 30.6 Å². The normalized spacial score (nSPS) is 18.1. The molecule has 1 fully saturated rings. The van der Waals surface area contributed by atoms with Gasteiger partial charge in [0.1, 0.15) is 5.60 Å². The lowest BCUT2D eigenvalue weighted by atomic mass is 9.88. The minimum absolute atomic E-state index is 0.0404. The molecule has 0 saturated carbocycles. The van der Waals surface area contributed by atoms with Crippen LogP contribution in [0.3, 0.4) is 0 Å². The number of carbonyl (C=O) groups excluding carboxylic acids is 3. The Kier molecular flexibility index (Phi) is 9.56. The summed E-state index contributed by atoms with van der Waals surface area (Å²) < 4.78 is 10.7. The second-order valence-corrected chi connectivity index (χ2v) is 11.7. The van der Waals surface area contributed by atoms with Crippen molar-refractivity contribution in [3.63, 3.8) is 0 Å². The Balaban J connectivity index is 1.67. The predicted octanol–water partition coefficient (Wildman–Crippen LogP) is 6.06. The summed E-state index contributed by atoms with van der Waals surface area (Å²) in [5, 5.41) is 5.48. The molecule has 0 aromatic heterocycles. The lowest BCUT2D eigenvalue weighted by Gasteiger charge is -2.31. The lowest BCUT2D eigenvalue weighted by molar-refractivity contribution is -0.148. The fourth-order valence-corrected chi connectivity index (χ4v) is 4.49. The second kappa shape index (κ2) is 12.5. The summed E-state index contributed by atoms with van der Waals surface area (Å²) in [7, 11) is 0. The highest BCUT2D eigenvalue weighted by Gasteiger charge is 2.42. The van der Waals surface area contributed by atoms with E-state index in [9.17, 15) is 14.4 Å². The van der Waals surface area contributed by atoms with Gasteiger partial charge in [-0.15, -0.1) is 0 Å². The second-order valence-electron chi connectivity index (χ2n) is 11.7. The number of hydrogen-bond acceptors (Lipinski definition) is 6. The smallest absolute Gasteiger partial charge is 0.412 e. The van der Waals surface area contributed by atoms with E-state index >= 15 is 0 Å². The molecule has 2 atom stereocenters. The molecule has 0 bridgehead atoms. The number of esters is 1. The van der Waals surface area contributed by atoms with Gasteiger partial charge in [0.05, 0.1) is 23.9 Å². The molecule has 210 valence electrons. The molecule has 2 aromatic carbocycles. The minimum Gasteiger partial charge on any atom is -0.466 e. The van der Waals surface area contributed by atoms with E-state index < -0.39 is 11.7 Å². The van der Waals surface area contributed by atoms with Crippen molar-refractivity contribution in [3.8, 4) is 0 Å². The maximum atomic E-state index is 12.7. The van der Waals surface area contributed by atoms with E-state index in [1.807, 2.05) is 31.2 Å². The highest BCUT2D eigenvalue weighted by molar-refractivity contribution is 6.05. The van der Waals surface area contributed by atoms with Crippen LogP contribution in [0.2, 0.25) is 0 Å². The fourth-order valence-electron chi connectivity index (χ4n) is 4.49. The Labute approximate surface area is 231 Å². The summed E-state index contributed by atoms with van der Waals surface area (Å²) in [6.07, 6.45) is 2.57. The van der Waals surface area contributed by atoms with Crippen molar-refractivity contribution in [2.24, 2.45) is 5.92 Å². The molecule has 0 radical (unpaired) electrons. The zero-order valence-corrected chi connectivity index (χ0v) is 24.0. The SMILES string of the molecule is CCOC(=O)[C@H]1CN(C(C)(C)C)C[C@@H]1c1ccc(/C=C/C(=O)Nc2ccccc2NC(=O)OC(C)(C)C)cc1. The van der Waals surface area contributed by atoms with Crippen molar-refractivity contribution in [3.05, 3.63) is 65.7 Å². The average molecular weight is 536 g/mol. The molecule has 1 saturated heterocycles. The van der Waals surface area contributed by atoms with Gasteiger partial charge in [-0.05, 0) is 77.8 Å². The van der Waals surface area contributed by atoms with Crippen LogP contribution in [-0.4, -0.2) is 53.7 Å². The first-order chi connectivity index (χ1) is 18.3. The van der Waals surface area contributed by atoms with Crippen LogP contribution in [-0.2, 0) is 19.1 Å². The van der Waals surface area contributed by atoms with E-state index in [-0.39, 0.29) is 29.3 Å². The zero-order chi connectivity index (χ0) is 28.8. The number of amides is 2. The molecule has 2 aromatic rings. The molecule has 3 rings (SSSR count). The number of likely N-dealkylation sites (tertiary alicyclic amines) is 1. The molecule has 1 aliphatic heterocycles. The van der Waals surface area contributed by atoms with Crippen molar-refractivity contribution in [2.45, 2.75) is 65.5 Å². The molecule has 0 spiro atoms. The van der Waals surface area contributed by atoms with E-state index in [2.05, 4.69) is 36.3 Å². The molecule has 2 amide bonds. The van der Waals surface area contributed by atoms with Crippen LogP contribution in [0.25, 0.3) is 6.08 Å². The molecule has 0 aliphatic carbocycles. The predicted molar refractivity (Wildman–Crippen MR) is 155 cm³/mol. The number of nitrogens with zero attached hydrogens (tertiary/aromatic N) is 1. The van der Waals surface area contributed by atoms with Crippen LogP contribution in [0.15, 0.2) is 54.6 Å². The number of rotatable bonds is 7. The van der Waals surface area contributed by atoms with Crippen molar-refractivity contribution in [1.82, 2.24) is 4.90 Å². The minimum atomic E-state index is -0.635. The number of carbonyl (C=O) groups is 3. The number of nitrogens with one attached hydrogen (secondary N) is 2. The third-order valence-corrected chi connectivity index (χ3v) is 6.47. The van der Waals surface area contributed by atoms with Gasteiger partial charge in [0.15, 0.2) is 0 Å². The first-order valence-electron chi connectivity index (χ1n) is 13.4. The van der Waals surface area contributed by atoms with Crippen LogP contribution in [0, 0.1) is 5.92 Å². The molecule has 1 heterocycles. The molecular weight excluding hydrogens is 494 g/mol. The maximum absolute atomic E-state index is 12.7. The molecule has 1 aliphatic rings. The maximum Gasteiger partial charge on any atom is 0.412 e. The Morgan fingerprint density at radius 1 is 0.923 bits per heavy atom. The molecule has 39 heavy (non-hydrogen) atoms. The van der Waals surface area contributed by atoms with Gasteiger partial charge in [-0.3, -0.25) is 19.8 Å². The fraction of sp³-hybridized carbons (Fsp3) is 0.452. The van der Waals surface area contributed by atoms with Gasteiger partial charge in [0.25, 0.3) is 0 Å². The van der Waals surface area contributed by atoms with Crippen LogP contribution in [0.1, 0.15) is 65.5 Å². The van der Waals surface area contributed by atoms with Gasteiger partial charge in [-0.2, -0.15) is 0 Å². The zero-order valence-electron chi connectivity index (χ0n) is 24.0. The van der Waals surface area contributed by atoms with E-state index in [4.69, 9.17) is 9.47 Å². The monoisotopic (exact) mass is 535 g/mol. The Morgan fingerprint density at radius 3 is 2.10 bits per heavy atom. The van der Waals surface area contributed by atoms with Crippen LogP contribution >= 0.6 is 0 Å². The standard InChI is InChI=1S/C31H41N3O5/c1-8-38-28(36)24-20-34(30(2,3)4)19-23(24)22-16-13-21(14-17-22)15-18-27(35)32-25-11-9-10-12-26(25)33-29(37)39-31(5,6)7/h9-18,23-24H,8,19-20H2,1-7H3,(H,32,35)(H,33,37)/b18-15+/t23-,24+/m1/s1. The third-order valence-electron chi connectivity index (χ3n) is 6.47.